The summed E-state index contributed by atoms with van der Waals surface area (Å²) in [7, 11) is 0. The zero-order valence-corrected chi connectivity index (χ0v) is 6.80. The second-order valence-electron chi connectivity index (χ2n) is 3.26. The molecule has 1 spiro atoms. The molecule has 2 rings (SSSR count). The molecule has 0 amide bonds. The van der Waals surface area contributed by atoms with Crippen LogP contribution < -0.4 is 0 Å². The first kappa shape index (κ1) is 7.10. The van der Waals surface area contributed by atoms with E-state index in [0.717, 1.165) is 38.6 Å². The molecule has 1 fully saturated rings. The third kappa shape index (κ3) is 1.25. The van der Waals surface area contributed by atoms with Crippen LogP contribution in [-0.2, 0) is 9.47 Å². The summed E-state index contributed by atoms with van der Waals surface area (Å²) in [4.78, 5) is 4.49. The molecule has 11 heavy (non-hydrogen) atoms. The highest BCUT2D eigenvalue weighted by Crippen LogP contribution is 2.29. The Hall–Kier alpha value is -0.570. The van der Waals surface area contributed by atoms with Gasteiger partial charge in [-0.3, -0.25) is 0 Å². The minimum atomic E-state index is 0.0856. The van der Waals surface area contributed by atoms with E-state index in [2.05, 4.69) is 4.99 Å². The van der Waals surface area contributed by atoms with Crippen molar-refractivity contribution in [2.75, 3.05) is 19.8 Å². The minimum absolute atomic E-state index is 0.0856. The quantitative estimate of drug-likeness (QED) is 0.522. The molecule has 0 atom stereocenters. The molecule has 2 aliphatic rings. The van der Waals surface area contributed by atoms with Crippen molar-refractivity contribution in [2.24, 2.45) is 4.99 Å². The second kappa shape index (κ2) is 2.48. The van der Waals surface area contributed by atoms with E-state index in [4.69, 9.17) is 9.47 Å². The Morgan fingerprint density at radius 1 is 1.36 bits per heavy atom. The maximum atomic E-state index is 5.34. The van der Waals surface area contributed by atoms with E-state index in [-0.39, 0.29) is 5.54 Å². The summed E-state index contributed by atoms with van der Waals surface area (Å²) in [6.07, 6.45) is 2.04. The van der Waals surface area contributed by atoms with Crippen LogP contribution in [-0.4, -0.2) is 31.3 Å². The summed E-state index contributed by atoms with van der Waals surface area (Å²) in [5.74, 6) is 0.840. The molecule has 0 aromatic rings. The predicted molar refractivity (Wildman–Crippen MR) is 41.8 cm³/mol. The van der Waals surface area contributed by atoms with Crippen LogP contribution in [0.15, 0.2) is 4.99 Å². The lowest BCUT2D eigenvalue weighted by atomic mass is 9.92. The van der Waals surface area contributed by atoms with Gasteiger partial charge in [0.25, 0.3) is 0 Å². The van der Waals surface area contributed by atoms with Gasteiger partial charge in [0.2, 0.25) is 0 Å². The first-order valence-corrected chi connectivity index (χ1v) is 4.08. The summed E-state index contributed by atoms with van der Waals surface area (Å²) in [5.41, 5.74) is 0.0856. The Bertz CT molecular complexity index is 183. The molecule has 62 valence electrons. The third-order valence-corrected chi connectivity index (χ3v) is 2.37. The molecule has 0 N–H and O–H groups in total. The van der Waals surface area contributed by atoms with E-state index in [9.17, 15) is 0 Å². The number of ether oxygens (including phenoxy) is 2. The zero-order valence-electron chi connectivity index (χ0n) is 6.80. The van der Waals surface area contributed by atoms with Crippen molar-refractivity contribution in [3.63, 3.8) is 0 Å². The Balaban J connectivity index is 2.09. The van der Waals surface area contributed by atoms with Crippen molar-refractivity contribution in [3.05, 3.63) is 0 Å². The van der Waals surface area contributed by atoms with E-state index in [1.165, 1.54) is 0 Å². The molecule has 2 heterocycles. The maximum absolute atomic E-state index is 5.34. The Kier molecular flexibility index (Phi) is 1.60. The van der Waals surface area contributed by atoms with E-state index < -0.39 is 0 Å². The molecule has 0 saturated carbocycles. The molecular weight excluding hydrogens is 142 g/mol. The number of hydrogen-bond acceptors (Lipinski definition) is 3. The van der Waals surface area contributed by atoms with Gasteiger partial charge in [-0.15, -0.1) is 0 Å². The number of hydrogen-bond donors (Lipinski definition) is 0. The van der Waals surface area contributed by atoms with Gasteiger partial charge in [-0.2, -0.15) is 0 Å². The summed E-state index contributed by atoms with van der Waals surface area (Å²) in [6.45, 7) is 4.35. The minimum Gasteiger partial charge on any atom is -0.479 e. The SMILES string of the molecule is CC1=NC2(CCOCC2)CO1. The molecule has 3 heteroatoms. The second-order valence-corrected chi connectivity index (χ2v) is 3.26. The fraction of sp³-hybridized carbons (Fsp3) is 0.875. The zero-order chi connectivity index (χ0) is 7.73. The topological polar surface area (TPSA) is 30.8 Å². The summed E-state index contributed by atoms with van der Waals surface area (Å²) >= 11 is 0. The van der Waals surface area contributed by atoms with Crippen LogP contribution >= 0.6 is 0 Å². The lowest BCUT2D eigenvalue weighted by molar-refractivity contribution is 0.0442. The highest BCUT2D eigenvalue weighted by Gasteiger charge is 2.36. The van der Waals surface area contributed by atoms with Gasteiger partial charge in [0.15, 0.2) is 5.90 Å². The van der Waals surface area contributed by atoms with Gasteiger partial charge < -0.3 is 9.47 Å². The van der Waals surface area contributed by atoms with Crippen LogP contribution in [0.2, 0.25) is 0 Å². The van der Waals surface area contributed by atoms with Crippen molar-refractivity contribution < 1.29 is 9.47 Å². The van der Waals surface area contributed by atoms with Crippen molar-refractivity contribution in [1.82, 2.24) is 0 Å². The largest absolute Gasteiger partial charge is 0.479 e. The lowest BCUT2D eigenvalue weighted by Gasteiger charge is -2.28. The molecule has 0 bridgehead atoms. The molecular formula is C8H13NO2. The normalized spacial score (nSPS) is 28.3. The van der Waals surface area contributed by atoms with Crippen molar-refractivity contribution in [1.29, 1.82) is 0 Å². The number of nitrogens with zero attached hydrogens (tertiary/aromatic N) is 1. The summed E-state index contributed by atoms with van der Waals surface area (Å²) in [6, 6.07) is 0. The summed E-state index contributed by atoms with van der Waals surface area (Å²) < 4.78 is 10.6. The molecule has 0 aliphatic carbocycles. The fourth-order valence-corrected chi connectivity index (χ4v) is 1.64. The van der Waals surface area contributed by atoms with Gasteiger partial charge in [0.05, 0.1) is 0 Å². The Morgan fingerprint density at radius 2 is 2.09 bits per heavy atom. The van der Waals surface area contributed by atoms with Crippen molar-refractivity contribution in [3.8, 4) is 0 Å². The Morgan fingerprint density at radius 3 is 2.64 bits per heavy atom. The van der Waals surface area contributed by atoms with Crippen molar-refractivity contribution >= 4 is 5.90 Å². The van der Waals surface area contributed by atoms with Gasteiger partial charge in [-0.05, 0) is 12.8 Å². The van der Waals surface area contributed by atoms with E-state index in [0.29, 0.717) is 0 Å². The standard InChI is InChI=1S/C8H13NO2/c1-7-9-8(6-11-7)2-4-10-5-3-8/h2-6H2,1H3. The highest BCUT2D eigenvalue weighted by atomic mass is 16.5. The van der Waals surface area contributed by atoms with Crippen LogP contribution in [0.5, 0.6) is 0 Å². The van der Waals surface area contributed by atoms with Crippen LogP contribution in [0.25, 0.3) is 0 Å². The molecule has 0 radical (unpaired) electrons. The van der Waals surface area contributed by atoms with E-state index in [1.54, 1.807) is 0 Å². The monoisotopic (exact) mass is 155 g/mol. The molecule has 0 unspecified atom stereocenters. The van der Waals surface area contributed by atoms with Crippen LogP contribution in [0, 0.1) is 0 Å². The predicted octanol–water partition coefficient (Wildman–Crippen LogP) is 0.984. The van der Waals surface area contributed by atoms with Crippen LogP contribution in [0.4, 0.5) is 0 Å². The van der Waals surface area contributed by atoms with E-state index in [1.807, 2.05) is 6.92 Å². The first-order valence-electron chi connectivity index (χ1n) is 4.08. The van der Waals surface area contributed by atoms with Crippen molar-refractivity contribution in [2.45, 2.75) is 25.3 Å². The molecule has 0 aromatic carbocycles. The Labute approximate surface area is 66.4 Å². The number of rotatable bonds is 0. The van der Waals surface area contributed by atoms with Gasteiger partial charge in [-0.1, -0.05) is 0 Å². The van der Waals surface area contributed by atoms with Gasteiger partial charge in [-0.25, -0.2) is 4.99 Å². The lowest BCUT2D eigenvalue weighted by Crippen LogP contribution is -2.35. The third-order valence-electron chi connectivity index (χ3n) is 2.37. The maximum Gasteiger partial charge on any atom is 0.180 e. The van der Waals surface area contributed by atoms with Gasteiger partial charge >= 0.3 is 0 Å². The molecule has 0 aromatic heterocycles. The number of aliphatic imine (C=N–C) groups is 1. The average molecular weight is 155 g/mol. The van der Waals surface area contributed by atoms with Crippen LogP contribution in [0.3, 0.4) is 0 Å². The summed E-state index contributed by atoms with van der Waals surface area (Å²) in [5, 5.41) is 0. The molecule has 3 nitrogen and oxygen atoms in total. The van der Waals surface area contributed by atoms with Gasteiger partial charge in [0.1, 0.15) is 12.1 Å². The fourth-order valence-electron chi connectivity index (χ4n) is 1.64. The van der Waals surface area contributed by atoms with E-state index >= 15 is 0 Å². The molecule has 1 saturated heterocycles. The van der Waals surface area contributed by atoms with Crippen LogP contribution in [0.1, 0.15) is 19.8 Å². The average Bonchev–Trinajstić information content (AvgIpc) is 2.34. The first-order chi connectivity index (χ1) is 5.31. The van der Waals surface area contributed by atoms with Gasteiger partial charge in [0, 0.05) is 20.1 Å². The highest BCUT2D eigenvalue weighted by molar-refractivity contribution is 5.75. The smallest absolute Gasteiger partial charge is 0.180 e. The molecule has 2 aliphatic heterocycles.